The van der Waals surface area contributed by atoms with Gasteiger partial charge in [0, 0.05) is 18.4 Å². The van der Waals surface area contributed by atoms with Crippen molar-refractivity contribution in [2.24, 2.45) is 5.92 Å². The number of nitrogens with one attached hydrogen (secondary N) is 1. The molecule has 2 aromatic carbocycles. The van der Waals surface area contributed by atoms with E-state index < -0.39 is 14.8 Å². The summed E-state index contributed by atoms with van der Waals surface area (Å²) in [7, 11) is -3.50. The number of sulfone groups is 1. The lowest BCUT2D eigenvalue weighted by Gasteiger charge is -2.17. The van der Waals surface area contributed by atoms with Crippen LogP contribution >= 0.6 is 0 Å². The van der Waals surface area contributed by atoms with Gasteiger partial charge in [-0.25, -0.2) is 8.42 Å². The summed E-state index contributed by atoms with van der Waals surface area (Å²) in [6.07, 6.45) is 2.03. The predicted molar refractivity (Wildman–Crippen MR) is 103 cm³/mol. The van der Waals surface area contributed by atoms with Crippen LogP contribution in [0.25, 0.3) is 0 Å². The van der Waals surface area contributed by atoms with Crippen molar-refractivity contribution in [1.29, 1.82) is 0 Å². The fourth-order valence-electron chi connectivity index (χ4n) is 2.75. The van der Waals surface area contributed by atoms with Crippen molar-refractivity contribution in [2.75, 3.05) is 11.6 Å². The summed E-state index contributed by atoms with van der Waals surface area (Å²) < 4.78 is 23.3. The molecule has 140 valence electrons. The summed E-state index contributed by atoms with van der Waals surface area (Å²) in [5, 5.41) is 14.4. The Balaban J connectivity index is 2.25. The highest BCUT2D eigenvalue weighted by Crippen LogP contribution is 2.30. The first kappa shape index (κ1) is 19.9. The number of hydrogen-bond donors (Lipinski definition) is 1. The van der Waals surface area contributed by atoms with Gasteiger partial charge in [-0.1, -0.05) is 38.1 Å². The molecular weight excluding hydrogens is 352 g/mol. The van der Waals surface area contributed by atoms with Crippen molar-refractivity contribution in [3.63, 3.8) is 0 Å². The van der Waals surface area contributed by atoms with Crippen molar-refractivity contribution < 1.29 is 13.3 Å². The maximum Gasteiger partial charge on any atom is 0.293 e. The Bertz CT molecular complexity index is 890. The SMILES string of the molecule is CC(C)Cc1ccc([C@@H](C)Nc2ccc(S(C)(=O)=O)cc2[N+](=O)[O-])cc1. The predicted octanol–water partition coefficient (Wildman–Crippen LogP) is 4.37. The van der Waals surface area contributed by atoms with Gasteiger partial charge in [-0.3, -0.25) is 10.1 Å². The summed E-state index contributed by atoms with van der Waals surface area (Å²) in [5.41, 5.74) is 2.29. The molecule has 0 unspecified atom stereocenters. The number of rotatable bonds is 7. The molecule has 0 aromatic heterocycles. The summed E-state index contributed by atoms with van der Waals surface area (Å²) in [4.78, 5) is 10.7. The molecule has 0 bridgehead atoms. The van der Waals surface area contributed by atoms with Crippen LogP contribution < -0.4 is 5.32 Å². The molecule has 0 amide bonds. The van der Waals surface area contributed by atoms with Crippen LogP contribution in [0.15, 0.2) is 47.4 Å². The molecule has 0 aliphatic rings. The Morgan fingerprint density at radius 3 is 2.19 bits per heavy atom. The molecular formula is C19H24N2O4S. The Labute approximate surface area is 154 Å². The molecule has 2 rings (SSSR count). The average molecular weight is 376 g/mol. The van der Waals surface area contributed by atoms with E-state index in [2.05, 4.69) is 31.3 Å². The fraction of sp³-hybridized carbons (Fsp3) is 0.368. The molecule has 0 aliphatic carbocycles. The second-order valence-electron chi connectivity index (χ2n) is 6.91. The molecule has 0 aliphatic heterocycles. The molecule has 1 N–H and O–H groups in total. The van der Waals surface area contributed by atoms with E-state index in [1.807, 2.05) is 19.1 Å². The molecule has 2 aromatic rings. The molecule has 0 saturated heterocycles. The van der Waals surface area contributed by atoms with Crippen molar-refractivity contribution >= 4 is 21.2 Å². The van der Waals surface area contributed by atoms with Crippen molar-refractivity contribution in [2.45, 2.75) is 38.1 Å². The molecule has 26 heavy (non-hydrogen) atoms. The van der Waals surface area contributed by atoms with Crippen LogP contribution in [-0.4, -0.2) is 19.6 Å². The zero-order valence-corrected chi connectivity index (χ0v) is 16.2. The van der Waals surface area contributed by atoms with Gasteiger partial charge in [0.1, 0.15) is 5.69 Å². The van der Waals surface area contributed by atoms with Gasteiger partial charge in [0.2, 0.25) is 0 Å². The summed E-state index contributed by atoms with van der Waals surface area (Å²) in [6, 6.07) is 11.9. The molecule has 0 radical (unpaired) electrons. The van der Waals surface area contributed by atoms with Gasteiger partial charge in [0.25, 0.3) is 5.69 Å². The van der Waals surface area contributed by atoms with Crippen LogP contribution in [0.3, 0.4) is 0 Å². The first-order valence-corrected chi connectivity index (χ1v) is 10.3. The maximum absolute atomic E-state index is 11.6. The Morgan fingerprint density at radius 2 is 1.69 bits per heavy atom. The van der Waals surface area contributed by atoms with Crippen molar-refractivity contribution in [1.82, 2.24) is 0 Å². The number of nitro benzene ring substituents is 1. The number of hydrogen-bond acceptors (Lipinski definition) is 5. The smallest absolute Gasteiger partial charge is 0.293 e. The van der Waals surface area contributed by atoms with Crippen LogP contribution in [0, 0.1) is 16.0 Å². The zero-order valence-electron chi connectivity index (χ0n) is 15.4. The van der Waals surface area contributed by atoms with Gasteiger partial charge in [-0.05, 0) is 42.5 Å². The monoisotopic (exact) mass is 376 g/mol. The quantitative estimate of drug-likeness (QED) is 0.572. The van der Waals surface area contributed by atoms with Gasteiger partial charge >= 0.3 is 0 Å². The van der Waals surface area contributed by atoms with Gasteiger partial charge in [0.05, 0.1) is 9.82 Å². The number of nitro groups is 1. The molecule has 0 heterocycles. The third kappa shape index (κ3) is 5.05. The Kier molecular flexibility index (Phi) is 6.02. The van der Waals surface area contributed by atoms with Crippen LogP contribution in [-0.2, 0) is 16.3 Å². The molecule has 0 spiro atoms. The third-order valence-electron chi connectivity index (χ3n) is 4.09. The molecule has 6 nitrogen and oxygen atoms in total. The van der Waals surface area contributed by atoms with Gasteiger partial charge in [0.15, 0.2) is 9.84 Å². The van der Waals surface area contributed by atoms with Gasteiger partial charge in [-0.2, -0.15) is 0 Å². The van der Waals surface area contributed by atoms with E-state index in [1.54, 1.807) is 0 Å². The lowest BCUT2D eigenvalue weighted by Crippen LogP contribution is -2.09. The van der Waals surface area contributed by atoms with Crippen LogP contribution in [0.1, 0.15) is 37.9 Å². The highest BCUT2D eigenvalue weighted by molar-refractivity contribution is 7.90. The second-order valence-corrected chi connectivity index (χ2v) is 8.93. The minimum Gasteiger partial charge on any atom is -0.373 e. The maximum atomic E-state index is 11.6. The normalized spacial score (nSPS) is 12.8. The number of nitrogens with zero attached hydrogens (tertiary/aromatic N) is 1. The van der Waals surface area contributed by atoms with Crippen LogP contribution in [0.2, 0.25) is 0 Å². The van der Waals surface area contributed by atoms with E-state index in [9.17, 15) is 18.5 Å². The van der Waals surface area contributed by atoms with Gasteiger partial charge in [-0.15, -0.1) is 0 Å². The standard InChI is InChI=1S/C19H24N2O4S/c1-13(2)11-15-5-7-16(8-6-15)14(3)20-18-10-9-17(26(4,24)25)12-19(18)21(22)23/h5-10,12-14,20H,11H2,1-4H3/t14-/m1/s1. The lowest BCUT2D eigenvalue weighted by atomic mass is 10.00. The van der Waals surface area contributed by atoms with E-state index >= 15 is 0 Å². The van der Waals surface area contributed by atoms with Crippen molar-refractivity contribution in [3.05, 3.63) is 63.7 Å². The van der Waals surface area contributed by atoms with E-state index in [0.717, 1.165) is 24.3 Å². The first-order valence-electron chi connectivity index (χ1n) is 8.42. The zero-order chi connectivity index (χ0) is 19.5. The summed E-state index contributed by atoms with van der Waals surface area (Å²) >= 11 is 0. The molecule has 0 fully saturated rings. The van der Waals surface area contributed by atoms with E-state index in [0.29, 0.717) is 11.6 Å². The minimum absolute atomic E-state index is 0.0690. The molecule has 0 saturated carbocycles. The third-order valence-corrected chi connectivity index (χ3v) is 5.20. The Morgan fingerprint density at radius 1 is 1.08 bits per heavy atom. The van der Waals surface area contributed by atoms with E-state index in [1.165, 1.54) is 17.7 Å². The molecule has 7 heteroatoms. The number of anilines is 1. The van der Waals surface area contributed by atoms with E-state index in [4.69, 9.17) is 0 Å². The minimum atomic E-state index is -3.50. The van der Waals surface area contributed by atoms with E-state index in [-0.39, 0.29) is 16.6 Å². The first-order chi connectivity index (χ1) is 12.1. The summed E-state index contributed by atoms with van der Waals surface area (Å²) in [5.74, 6) is 0.576. The largest absolute Gasteiger partial charge is 0.373 e. The number of benzene rings is 2. The average Bonchev–Trinajstić information content (AvgIpc) is 2.54. The highest BCUT2D eigenvalue weighted by Gasteiger charge is 2.20. The fourth-order valence-corrected chi connectivity index (χ4v) is 3.39. The molecule has 1 atom stereocenters. The second kappa shape index (κ2) is 7.86. The summed E-state index contributed by atoms with van der Waals surface area (Å²) in [6.45, 7) is 6.24. The van der Waals surface area contributed by atoms with Crippen LogP contribution in [0.5, 0.6) is 0 Å². The highest BCUT2D eigenvalue weighted by atomic mass is 32.2. The van der Waals surface area contributed by atoms with Crippen molar-refractivity contribution in [3.8, 4) is 0 Å². The Hall–Kier alpha value is -2.41. The van der Waals surface area contributed by atoms with Gasteiger partial charge < -0.3 is 5.32 Å². The van der Waals surface area contributed by atoms with Crippen LogP contribution in [0.4, 0.5) is 11.4 Å². The lowest BCUT2D eigenvalue weighted by molar-refractivity contribution is -0.384. The topological polar surface area (TPSA) is 89.3 Å².